The van der Waals surface area contributed by atoms with Gasteiger partial charge in [-0.15, -0.1) is 0 Å². The van der Waals surface area contributed by atoms with E-state index in [1.165, 1.54) is 0 Å². The Hall–Kier alpha value is -1.84. The Balaban J connectivity index is 2.36. The summed E-state index contributed by atoms with van der Waals surface area (Å²) < 4.78 is 4.97. The number of fused-ring (bicyclic) bond motifs is 1. The highest BCUT2D eigenvalue weighted by Crippen LogP contribution is 2.30. The molecule has 4 heteroatoms. The third-order valence-electron chi connectivity index (χ3n) is 3.23. The molecule has 1 aromatic carbocycles. The first kappa shape index (κ1) is 12.6. The summed E-state index contributed by atoms with van der Waals surface area (Å²) in [5.41, 5.74) is 2.45. The van der Waals surface area contributed by atoms with Gasteiger partial charge in [-0.2, -0.15) is 0 Å². The van der Waals surface area contributed by atoms with Crippen LogP contribution >= 0.6 is 0 Å². The molecule has 0 radical (unpaired) electrons. The summed E-state index contributed by atoms with van der Waals surface area (Å²) in [6, 6.07) is 5.34. The first-order valence-electron chi connectivity index (χ1n) is 6.12. The van der Waals surface area contributed by atoms with Crippen LogP contribution in [0, 0.1) is 5.92 Å². The molecule has 1 unspecified atom stereocenters. The van der Waals surface area contributed by atoms with Gasteiger partial charge in [0.2, 0.25) is 5.91 Å². The molecule has 0 bridgehead atoms. The molecule has 4 nitrogen and oxygen atoms in total. The van der Waals surface area contributed by atoms with Gasteiger partial charge in [0.05, 0.1) is 12.2 Å². The van der Waals surface area contributed by atoms with Crippen LogP contribution < -0.4 is 4.90 Å². The Labute approximate surface area is 107 Å². The van der Waals surface area contributed by atoms with Crippen molar-refractivity contribution in [3.63, 3.8) is 0 Å². The van der Waals surface area contributed by atoms with Gasteiger partial charge in [0, 0.05) is 18.7 Å². The Kier molecular flexibility index (Phi) is 3.36. The molecule has 1 amide bonds. The van der Waals surface area contributed by atoms with Gasteiger partial charge >= 0.3 is 5.97 Å². The van der Waals surface area contributed by atoms with E-state index in [1.807, 2.05) is 19.1 Å². The number of ether oxygens (including phenoxy) is 1. The van der Waals surface area contributed by atoms with E-state index in [4.69, 9.17) is 4.74 Å². The number of esters is 1. The van der Waals surface area contributed by atoms with Gasteiger partial charge in [0.15, 0.2) is 0 Å². The molecule has 0 fully saturated rings. The van der Waals surface area contributed by atoms with E-state index >= 15 is 0 Å². The Morgan fingerprint density at radius 2 is 2.22 bits per heavy atom. The number of hydrogen-bond acceptors (Lipinski definition) is 3. The molecule has 0 saturated heterocycles. The summed E-state index contributed by atoms with van der Waals surface area (Å²) in [7, 11) is 1.76. The fourth-order valence-corrected chi connectivity index (χ4v) is 2.28. The van der Waals surface area contributed by atoms with Crippen LogP contribution in [0.5, 0.6) is 0 Å². The number of anilines is 1. The zero-order valence-electron chi connectivity index (χ0n) is 10.9. The van der Waals surface area contributed by atoms with Gasteiger partial charge in [-0.05, 0) is 37.1 Å². The van der Waals surface area contributed by atoms with Gasteiger partial charge in [0.1, 0.15) is 0 Å². The monoisotopic (exact) mass is 247 g/mol. The van der Waals surface area contributed by atoms with E-state index in [0.717, 1.165) is 11.3 Å². The predicted molar refractivity (Wildman–Crippen MR) is 68.7 cm³/mol. The largest absolute Gasteiger partial charge is 0.462 e. The Bertz CT molecular complexity index is 496. The van der Waals surface area contributed by atoms with Crippen LogP contribution in [0.25, 0.3) is 0 Å². The normalized spacial score (nSPS) is 18.5. The van der Waals surface area contributed by atoms with Crippen LogP contribution in [0.2, 0.25) is 0 Å². The number of hydrogen-bond donors (Lipinski definition) is 0. The highest BCUT2D eigenvalue weighted by atomic mass is 16.5. The average molecular weight is 247 g/mol. The molecule has 1 aliphatic rings. The lowest BCUT2D eigenvalue weighted by Gasteiger charge is -2.30. The van der Waals surface area contributed by atoms with E-state index in [1.54, 1.807) is 24.9 Å². The molecule has 0 N–H and O–H groups in total. The average Bonchev–Trinajstić information content (AvgIpc) is 2.36. The molecule has 0 aromatic heterocycles. The minimum Gasteiger partial charge on any atom is -0.462 e. The number of rotatable bonds is 2. The summed E-state index contributed by atoms with van der Waals surface area (Å²) in [6.45, 7) is 4.05. The minimum absolute atomic E-state index is 0.0417. The number of carbonyl (C=O) groups is 2. The van der Waals surface area contributed by atoms with Crippen LogP contribution in [-0.2, 0) is 16.0 Å². The molecule has 18 heavy (non-hydrogen) atoms. The van der Waals surface area contributed by atoms with Crippen molar-refractivity contribution in [3.05, 3.63) is 29.3 Å². The number of amides is 1. The first-order chi connectivity index (χ1) is 8.54. The maximum atomic E-state index is 11.8. The maximum absolute atomic E-state index is 11.8. The fourth-order valence-electron chi connectivity index (χ4n) is 2.28. The summed E-state index contributed by atoms with van der Waals surface area (Å²) in [6.07, 6.45) is 0.672. The second kappa shape index (κ2) is 4.80. The van der Waals surface area contributed by atoms with Crippen molar-refractivity contribution in [2.24, 2.45) is 5.92 Å². The van der Waals surface area contributed by atoms with E-state index in [2.05, 4.69) is 0 Å². The minimum atomic E-state index is -0.312. The SMILES string of the molecule is CCOC(=O)c1ccc2c(c1)CC(C)C(=O)N2C. The van der Waals surface area contributed by atoms with Crippen LogP contribution in [0.15, 0.2) is 18.2 Å². The third-order valence-corrected chi connectivity index (χ3v) is 3.23. The van der Waals surface area contributed by atoms with Gasteiger partial charge in [-0.3, -0.25) is 4.79 Å². The van der Waals surface area contributed by atoms with Crippen LogP contribution in [0.3, 0.4) is 0 Å². The van der Waals surface area contributed by atoms with Crippen molar-refractivity contribution in [3.8, 4) is 0 Å². The molecule has 2 rings (SSSR count). The molecule has 1 heterocycles. The number of carbonyl (C=O) groups excluding carboxylic acids is 2. The summed E-state index contributed by atoms with van der Waals surface area (Å²) in [4.78, 5) is 25.1. The molecular formula is C14H17NO3. The number of benzene rings is 1. The zero-order valence-corrected chi connectivity index (χ0v) is 10.9. The lowest BCUT2D eigenvalue weighted by molar-refractivity contribution is -0.121. The molecule has 96 valence electrons. The molecule has 1 aliphatic heterocycles. The van der Waals surface area contributed by atoms with Crippen LogP contribution in [0.4, 0.5) is 5.69 Å². The van der Waals surface area contributed by atoms with Crippen LogP contribution in [-0.4, -0.2) is 25.5 Å². The quantitative estimate of drug-likeness (QED) is 0.751. The Morgan fingerprint density at radius 3 is 2.89 bits per heavy atom. The third kappa shape index (κ3) is 2.10. The summed E-state index contributed by atoms with van der Waals surface area (Å²) >= 11 is 0. The van der Waals surface area contributed by atoms with Gasteiger partial charge in [-0.1, -0.05) is 6.92 Å². The van der Waals surface area contributed by atoms with Crippen molar-refractivity contribution in [1.29, 1.82) is 0 Å². The van der Waals surface area contributed by atoms with Crippen molar-refractivity contribution >= 4 is 17.6 Å². The van der Waals surface area contributed by atoms with Crippen molar-refractivity contribution < 1.29 is 14.3 Å². The van der Waals surface area contributed by atoms with Gasteiger partial charge in [-0.25, -0.2) is 4.79 Å². The zero-order chi connectivity index (χ0) is 13.3. The van der Waals surface area contributed by atoms with Crippen molar-refractivity contribution in [1.82, 2.24) is 0 Å². The number of nitrogens with zero attached hydrogens (tertiary/aromatic N) is 1. The lowest BCUT2D eigenvalue weighted by atomic mass is 9.92. The molecular weight excluding hydrogens is 230 g/mol. The van der Waals surface area contributed by atoms with E-state index < -0.39 is 0 Å². The second-order valence-corrected chi connectivity index (χ2v) is 4.57. The molecule has 0 aliphatic carbocycles. The van der Waals surface area contributed by atoms with Crippen molar-refractivity contribution in [2.45, 2.75) is 20.3 Å². The van der Waals surface area contributed by atoms with E-state index in [-0.39, 0.29) is 17.8 Å². The van der Waals surface area contributed by atoms with Gasteiger partial charge < -0.3 is 9.64 Å². The highest BCUT2D eigenvalue weighted by molar-refractivity contribution is 5.98. The van der Waals surface area contributed by atoms with E-state index in [0.29, 0.717) is 18.6 Å². The van der Waals surface area contributed by atoms with Crippen molar-refractivity contribution in [2.75, 3.05) is 18.6 Å². The standard InChI is InChI=1S/C14H17NO3/c1-4-18-14(17)10-5-6-12-11(8-10)7-9(2)13(16)15(12)3/h5-6,8-9H,4,7H2,1-3H3. The molecule has 1 aromatic rings. The van der Waals surface area contributed by atoms with Crippen LogP contribution in [0.1, 0.15) is 29.8 Å². The molecule has 1 atom stereocenters. The molecule has 0 saturated carbocycles. The smallest absolute Gasteiger partial charge is 0.338 e. The summed E-state index contributed by atoms with van der Waals surface area (Å²) in [5.74, 6) is -0.237. The van der Waals surface area contributed by atoms with Gasteiger partial charge in [0.25, 0.3) is 0 Å². The molecule has 0 spiro atoms. The predicted octanol–water partition coefficient (Wildman–Crippen LogP) is 2.02. The first-order valence-corrected chi connectivity index (χ1v) is 6.12. The van der Waals surface area contributed by atoms with E-state index in [9.17, 15) is 9.59 Å². The highest BCUT2D eigenvalue weighted by Gasteiger charge is 2.27. The maximum Gasteiger partial charge on any atom is 0.338 e. The second-order valence-electron chi connectivity index (χ2n) is 4.57. The summed E-state index contributed by atoms with van der Waals surface area (Å²) in [5, 5.41) is 0. The lowest BCUT2D eigenvalue weighted by Crippen LogP contribution is -2.37. The Morgan fingerprint density at radius 1 is 1.50 bits per heavy atom. The topological polar surface area (TPSA) is 46.6 Å². The fraction of sp³-hybridized carbons (Fsp3) is 0.429.